The summed E-state index contributed by atoms with van der Waals surface area (Å²) in [5.74, 6) is -0.0200. The topological polar surface area (TPSA) is 52.7 Å². The van der Waals surface area contributed by atoms with Crippen LogP contribution in [0.3, 0.4) is 0 Å². The number of likely N-dealkylation sites (tertiary alicyclic amines) is 1. The van der Waals surface area contributed by atoms with Gasteiger partial charge < -0.3 is 15.1 Å². The number of carbonyl (C=O) groups excluding carboxylic acids is 2. The van der Waals surface area contributed by atoms with Crippen molar-refractivity contribution in [2.75, 3.05) is 31.6 Å². The third-order valence-electron chi connectivity index (χ3n) is 5.48. The highest BCUT2D eigenvalue weighted by Crippen LogP contribution is 2.30. The van der Waals surface area contributed by atoms with Crippen molar-refractivity contribution in [1.29, 1.82) is 0 Å². The molecule has 2 aliphatic heterocycles. The van der Waals surface area contributed by atoms with Crippen LogP contribution in [0.15, 0.2) is 18.2 Å². The molecule has 138 valence electrons. The summed E-state index contributed by atoms with van der Waals surface area (Å²) in [6.07, 6.45) is 2.46. The molecule has 1 aromatic carbocycles. The molecule has 2 saturated heterocycles. The summed E-state index contributed by atoms with van der Waals surface area (Å²) in [5.41, 5.74) is 3.23. The summed E-state index contributed by atoms with van der Waals surface area (Å²) >= 11 is 0. The second-order valence-electron chi connectivity index (χ2n) is 7.04. The van der Waals surface area contributed by atoms with Crippen LogP contribution in [-0.2, 0) is 9.59 Å². The van der Waals surface area contributed by atoms with E-state index in [2.05, 4.69) is 5.32 Å². The van der Waals surface area contributed by atoms with Crippen molar-refractivity contribution in [2.24, 2.45) is 5.92 Å². The van der Waals surface area contributed by atoms with Crippen molar-refractivity contribution < 1.29 is 9.59 Å². The van der Waals surface area contributed by atoms with E-state index >= 15 is 0 Å². The number of carbonyl (C=O) groups is 2. The number of aryl methyl sites for hydroxylation is 1. The molecule has 2 fully saturated rings. The van der Waals surface area contributed by atoms with Gasteiger partial charge in [-0.3, -0.25) is 9.59 Å². The van der Waals surface area contributed by atoms with Crippen LogP contribution in [0.1, 0.15) is 30.4 Å². The number of anilines is 1. The number of hydrogen-bond acceptors (Lipinski definition) is 3. The maximum atomic E-state index is 12.9. The number of hydrogen-bond donors (Lipinski definition) is 1. The Labute approximate surface area is 156 Å². The van der Waals surface area contributed by atoms with Crippen LogP contribution in [0.4, 0.5) is 5.69 Å². The Balaban J connectivity index is 0.00000225. The lowest BCUT2D eigenvalue weighted by Gasteiger charge is -2.34. The largest absolute Gasteiger partial charge is 0.341 e. The molecule has 2 heterocycles. The molecule has 2 aliphatic rings. The highest BCUT2D eigenvalue weighted by atomic mass is 35.5. The first-order valence-electron chi connectivity index (χ1n) is 8.84. The van der Waals surface area contributed by atoms with E-state index in [0.29, 0.717) is 19.0 Å². The number of likely N-dealkylation sites (N-methyl/N-ethyl adjacent to an activating group) is 1. The molecule has 0 aliphatic carbocycles. The Bertz CT molecular complexity index is 650. The minimum atomic E-state index is -0.215. The third-order valence-corrected chi connectivity index (χ3v) is 5.48. The number of rotatable bonds is 3. The van der Waals surface area contributed by atoms with Gasteiger partial charge in [-0.15, -0.1) is 12.4 Å². The lowest BCUT2D eigenvalue weighted by molar-refractivity contribution is -0.137. The van der Waals surface area contributed by atoms with E-state index in [0.717, 1.165) is 37.2 Å². The molecule has 1 aromatic rings. The molecule has 3 rings (SSSR count). The van der Waals surface area contributed by atoms with Crippen LogP contribution >= 0.6 is 12.4 Å². The second kappa shape index (κ2) is 8.19. The zero-order chi connectivity index (χ0) is 17.3. The predicted molar refractivity (Wildman–Crippen MR) is 102 cm³/mol. The Kier molecular flexibility index (Phi) is 6.47. The van der Waals surface area contributed by atoms with Gasteiger partial charge in [0.15, 0.2) is 0 Å². The van der Waals surface area contributed by atoms with Crippen LogP contribution in [0.2, 0.25) is 0 Å². The summed E-state index contributed by atoms with van der Waals surface area (Å²) in [4.78, 5) is 29.1. The van der Waals surface area contributed by atoms with Gasteiger partial charge in [0, 0.05) is 37.8 Å². The zero-order valence-electron chi connectivity index (χ0n) is 15.2. The number of halogens is 1. The SMILES string of the molecule is CNC1CCCN(C(=O)C2CC(=O)N(c3cccc(C)c3C)C2)C1.Cl. The first-order valence-corrected chi connectivity index (χ1v) is 8.84. The van der Waals surface area contributed by atoms with E-state index in [1.165, 1.54) is 5.56 Å². The number of amides is 2. The quantitative estimate of drug-likeness (QED) is 0.894. The fourth-order valence-electron chi connectivity index (χ4n) is 3.80. The van der Waals surface area contributed by atoms with E-state index in [1.54, 1.807) is 4.90 Å². The van der Waals surface area contributed by atoms with Crippen LogP contribution < -0.4 is 10.2 Å². The van der Waals surface area contributed by atoms with Crippen LogP contribution in [0, 0.1) is 19.8 Å². The highest BCUT2D eigenvalue weighted by molar-refractivity contribution is 6.01. The first kappa shape index (κ1) is 19.7. The van der Waals surface area contributed by atoms with E-state index < -0.39 is 0 Å². The minimum absolute atomic E-state index is 0. The molecule has 1 N–H and O–H groups in total. The Morgan fingerprint density at radius 2 is 2.00 bits per heavy atom. The van der Waals surface area contributed by atoms with Crippen molar-refractivity contribution in [1.82, 2.24) is 10.2 Å². The van der Waals surface area contributed by atoms with Gasteiger partial charge in [-0.1, -0.05) is 12.1 Å². The first-order chi connectivity index (χ1) is 11.5. The van der Waals surface area contributed by atoms with Crippen molar-refractivity contribution >= 4 is 29.9 Å². The Morgan fingerprint density at radius 1 is 1.24 bits per heavy atom. The fourth-order valence-corrected chi connectivity index (χ4v) is 3.80. The van der Waals surface area contributed by atoms with E-state index in [4.69, 9.17) is 0 Å². The molecule has 0 saturated carbocycles. The lowest BCUT2D eigenvalue weighted by Crippen LogP contribution is -2.49. The molecular weight excluding hydrogens is 338 g/mol. The molecule has 0 aromatic heterocycles. The van der Waals surface area contributed by atoms with Gasteiger partial charge >= 0.3 is 0 Å². The smallest absolute Gasteiger partial charge is 0.228 e. The highest BCUT2D eigenvalue weighted by Gasteiger charge is 2.38. The molecule has 25 heavy (non-hydrogen) atoms. The molecule has 2 atom stereocenters. The molecular formula is C19H28ClN3O2. The standard InChI is InChI=1S/C19H27N3O2.ClH/c1-13-6-4-8-17(14(13)2)22-11-15(10-18(22)23)19(24)21-9-5-7-16(12-21)20-3;/h4,6,8,15-16,20H,5,7,9-12H2,1-3H3;1H. The van der Waals surface area contributed by atoms with E-state index in [-0.39, 0.29) is 30.1 Å². The Hall–Kier alpha value is -1.59. The zero-order valence-corrected chi connectivity index (χ0v) is 16.1. The molecule has 5 nitrogen and oxygen atoms in total. The molecule has 0 spiro atoms. The third kappa shape index (κ3) is 3.98. The summed E-state index contributed by atoms with van der Waals surface area (Å²) in [5, 5.41) is 3.27. The Morgan fingerprint density at radius 3 is 2.72 bits per heavy atom. The number of nitrogens with one attached hydrogen (secondary N) is 1. The van der Waals surface area contributed by atoms with Gasteiger partial charge in [0.1, 0.15) is 0 Å². The van der Waals surface area contributed by atoms with Gasteiger partial charge in [-0.05, 0) is 50.9 Å². The van der Waals surface area contributed by atoms with Gasteiger partial charge in [-0.2, -0.15) is 0 Å². The van der Waals surface area contributed by atoms with Gasteiger partial charge in [0.2, 0.25) is 11.8 Å². The average Bonchev–Trinajstić information content (AvgIpc) is 2.98. The van der Waals surface area contributed by atoms with Crippen LogP contribution in [-0.4, -0.2) is 49.4 Å². The molecule has 0 radical (unpaired) electrons. The summed E-state index contributed by atoms with van der Waals surface area (Å²) in [7, 11) is 1.94. The van der Waals surface area contributed by atoms with Gasteiger partial charge in [0.25, 0.3) is 0 Å². The molecule has 6 heteroatoms. The number of nitrogens with zero attached hydrogens (tertiary/aromatic N) is 2. The van der Waals surface area contributed by atoms with Crippen molar-refractivity contribution in [3.63, 3.8) is 0 Å². The van der Waals surface area contributed by atoms with E-state index in [9.17, 15) is 9.59 Å². The van der Waals surface area contributed by atoms with Crippen molar-refractivity contribution in [3.05, 3.63) is 29.3 Å². The molecule has 0 bridgehead atoms. The molecule has 2 unspecified atom stereocenters. The van der Waals surface area contributed by atoms with Crippen molar-refractivity contribution in [2.45, 2.75) is 39.2 Å². The van der Waals surface area contributed by atoms with Gasteiger partial charge in [-0.25, -0.2) is 0 Å². The predicted octanol–water partition coefficient (Wildman–Crippen LogP) is 2.29. The maximum Gasteiger partial charge on any atom is 0.228 e. The number of benzene rings is 1. The maximum absolute atomic E-state index is 12.9. The summed E-state index contributed by atoms with van der Waals surface area (Å²) < 4.78 is 0. The molecule has 2 amide bonds. The van der Waals surface area contributed by atoms with Crippen molar-refractivity contribution in [3.8, 4) is 0 Å². The van der Waals surface area contributed by atoms with E-state index in [1.807, 2.05) is 44.0 Å². The second-order valence-corrected chi connectivity index (χ2v) is 7.04. The minimum Gasteiger partial charge on any atom is -0.341 e. The summed E-state index contributed by atoms with van der Waals surface area (Å²) in [6.45, 7) is 6.15. The normalized spacial score (nSPS) is 23.6. The number of piperidine rings is 1. The summed E-state index contributed by atoms with van der Waals surface area (Å²) in [6, 6.07) is 6.37. The lowest BCUT2D eigenvalue weighted by atomic mass is 10.0. The average molecular weight is 366 g/mol. The van der Waals surface area contributed by atoms with Crippen LogP contribution in [0.5, 0.6) is 0 Å². The van der Waals surface area contributed by atoms with Gasteiger partial charge in [0.05, 0.1) is 5.92 Å². The monoisotopic (exact) mass is 365 g/mol. The van der Waals surface area contributed by atoms with Crippen LogP contribution in [0.25, 0.3) is 0 Å². The fraction of sp³-hybridized carbons (Fsp3) is 0.579.